The van der Waals surface area contributed by atoms with Gasteiger partial charge in [-0.3, -0.25) is 4.98 Å². The summed E-state index contributed by atoms with van der Waals surface area (Å²) in [6.45, 7) is 5.94. The fraction of sp³-hybridized carbons (Fsp3) is 0.294. The van der Waals surface area contributed by atoms with Crippen LogP contribution in [0.25, 0.3) is 11.1 Å². The monoisotopic (exact) mass is 362 g/mol. The van der Waals surface area contributed by atoms with E-state index in [1.807, 2.05) is 57.3 Å². The molecule has 0 atom stereocenters. The van der Waals surface area contributed by atoms with Gasteiger partial charge in [-0.05, 0) is 60.0 Å². The second kappa shape index (κ2) is 6.92. The Kier molecular flexibility index (Phi) is 5.19. The molecule has 0 aliphatic rings. The van der Waals surface area contributed by atoms with Crippen molar-refractivity contribution in [3.8, 4) is 11.1 Å². The van der Waals surface area contributed by atoms with Gasteiger partial charge in [0.15, 0.2) is 0 Å². The normalized spacial score (nSPS) is 11.1. The average molecular weight is 363 g/mol. The van der Waals surface area contributed by atoms with E-state index in [9.17, 15) is 4.79 Å². The largest absolute Gasteiger partial charge is 0.444 e. The number of alkyl carbamates (subject to hydrolysis) is 1. The number of halogens is 1. The van der Waals surface area contributed by atoms with Gasteiger partial charge in [-0.1, -0.05) is 18.2 Å². The zero-order valence-corrected chi connectivity index (χ0v) is 14.5. The molecule has 1 aromatic carbocycles. The van der Waals surface area contributed by atoms with Crippen molar-refractivity contribution in [1.82, 2.24) is 10.3 Å². The summed E-state index contributed by atoms with van der Waals surface area (Å²) < 4.78 is 6.16. The van der Waals surface area contributed by atoms with Gasteiger partial charge in [0.05, 0.1) is 0 Å². The van der Waals surface area contributed by atoms with E-state index in [2.05, 4.69) is 26.2 Å². The summed E-state index contributed by atoms with van der Waals surface area (Å²) in [4.78, 5) is 15.9. The zero-order valence-electron chi connectivity index (χ0n) is 12.9. The number of hydrogen-bond acceptors (Lipinski definition) is 3. The lowest BCUT2D eigenvalue weighted by molar-refractivity contribution is 0.0523. The molecule has 1 amide bonds. The molecule has 0 spiro atoms. The standard InChI is InChI=1S/C17H19BrN2O2/c1-17(2,3)22-16(21)20-9-12-5-4-6-13(7-12)14-8-15(18)11-19-10-14/h4-8,10-11H,9H2,1-3H3,(H,20,21). The zero-order chi connectivity index (χ0) is 16.2. The third-order valence-electron chi connectivity index (χ3n) is 2.80. The molecular weight excluding hydrogens is 344 g/mol. The highest BCUT2D eigenvalue weighted by atomic mass is 79.9. The Balaban J connectivity index is 2.05. The van der Waals surface area contributed by atoms with Gasteiger partial charge in [0.25, 0.3) is 0 Å². The first-order chi connectivity index (χ1) is 10.3. The van der Waals surface area contributed by atoms with Crippen molar-refractivity contribution >= 4 is 22.0 Å². The van der Waals surface area contributed by atoms with Crippen LogP contribution in [0, 0.1) is 0 Å². The molecule has 1 N–H and O–H groups in total. The number of hydrogen-bond donors (Lipinski definition) is 1. The van der Waals surface area contributed by atoms with Gasteiger partial charge in [-0.15, -0.1) is 0 Å². The molecule has 5 heteroatoms. The maximum atomic E-state index is 11.7. The third kappa shape index (κ3) is 5.15. The van der Waals surface area contributed by atoms with Crippen molar-refractivity contribution in [3.05, 3.63) is 52.8 Å². The lowest BCUT2D eigenvalue weighted by Crippen LogP contribution is -2.32. The molecule has 116 valence electrons. The average Bonchev–Trinajstić information content (AvgIpc) is 2.44. The Morgan fingerprint density at radius 3 is 2.68 bits per heavy atom. The molecule has 0 bridgehead atoms. The second-order valence-electron chi connectivity index (χ2n) is 5.95. The van der Waals surface area contributed by atoms with Crippen LogP contribution in [0.15, 0.2) is 47.2 Å². The van der Waals surface area contributed by atoms with Crippen LogP contribution >= 0.6 is 15.9 Å². The maximum Gasteiger partial charge on any atom is 0.407 e. The number of ether oxygens (including phenoxy) is 1. The lowest BCUT2D eigenvalue weighted by Gasteiger charge is -2.19. The van der Waals surface area contributed by atoms with Crippen LogP contribution < -0.4 is 5.32 Å². The van der Waals surface area contributed by atoms with Gasteiger partial charge in [0.2, 0.25) is 0 Å². The van der Waals surface area contributed by atoms with Gasteiger partial charge in [-0.2, -0.15) is 0 Å². The predicted molar refractivity (Wildman–Crippen MR) is 90.4 cm³/mol. The number of carbonyl (C=O) groups is 1. The minimum absolute atomic E-state index is 0.415. The lowest BCUT2D eigenvalue weighted by atomic mass is 10.0. The summed E-state index contributed by atoms with van der Waals surface area (Å²) in [5.74, 6) is 0. The highest BCUT2D eigenvalue weighted by molar-refractivity contribution is 9.10. The summed E-state index contributed by atoms with van der Waals surface area (Å²) in [5, 5.41) is 2.76. The number of rotatable bonds is 3. The van der Waals surface area contributed by atoms with Gasteiger partial charge in [0, 0.05) is 29.0 Å². The van der Waals surface area contributed by atoms with Crippen molar-refractivity contribution in [2.75, 3.05) is 0 Å². The topological polar surface area (TPSA) is 51.2 Å². The van der Waals surface area contributed by atoms with E-state index < -0.39 is 11.7 Å². The van der Waals surface area contributed by atoms with Crippen molar-refractivity contribution in [1.29, 1.82) is 0 Å². The first-order valence-corrected chi connectivity index (χ1v) is 7.79. The van der Waals surface area contributed by atoms with Gasteiger partial charge in [0.1, 0.15) is 5.60 Å². The fourth-order valence-corrected chi connectivity index (χ4v) is 2.28. The summed E-state index contributed by atoms with van der Waals surface area (Å²) in [5.41, 5.74) is 2.59. The Hall–Kier alpha value is -1.88. The van der Waals surface area contributed by atoms with Crippen LogP contribution in [-0.4, -0.2) is 16.7 Å². The van der Waals surface area contributed by atoms with Crippen LogP contribution in [0.3, 0.4) is 0 Å². The number of benzene rings is 1. The molecule has 0 fully saturated rings. The van der Waals surface area contributed by atoms with Crippen molar-refractivity contribution in [2.24, 2.45) is 0 Å². The molecule has 0 saturated heterocycles. The van der Waals surface area contributed by atoms with E-state index in [0.29, 0.717) is 6.54 Å². The quantitative estimate of drug-likeness (QED) is 0.871. The molecule has 1 aromatic heterocycles. The SMILES string of the molecule is CC(C)(C)OC(=O)NCc1cccc(-c2cncc(Br)c2)c1. The molecule has 22 heavy (non-hydrogen) atoms. The van der Waals surface area contributed by atoms with Gasteiger partial charge >= 0.3 is 6.09 Å². The highest BCUT2D eigenvalue weighted by Crippen LogP contribution is 2.22. The summed E-state index contributed by atoms with van der Waals surface area (Å²) in [6, 6.07) is 9.98. The molecule has 1 heterocycles. The van der Waals surface area contributed by atoms with Crippen LogP contribution in [-0.2, 0) is 11.3 Å². The third-order valence-corrected chi connectivity index (χ3v) is 3.23. The first-order valence-electron chi connectivity index (χ1n) is 7.00. The summed E-state index contributed by atoms with van der Waals surface area (Å²) in [6.07, 6.45) is 3.14. The van der Waals surface area contributed by atoms with E-state index in [0.717, 1.165) is 21.2 Å². The summed E-state index contributed by atoms with van der Waals surface area (Å²) in [7, 11) is 0. The molecule has 2 rings (SSSR count). The molecule has 0 aliphatic carbocycles. The number of carbonyl (C=O) groups excluding carboxylic acids is 1. The molecule has 0 unspecified atom stereocenters. The van der Waals surface area contributed by atoms with Crippen LogP contribution in [0.2, 0.25) is 0 Å². The minimum Gasteiger partial charge on any atom is -0.444 e. The smallest absolute Gasteiger partial charge is 0.407 e. The molecule has 0 saturated carbocycles. The molecule has 4 nitrogen and oxygen atoms in total. The van der Waals surface area contributed by atoms with Crippen molar-refractivity contribution < 1.29 is 9.53 Å². The Bertz CT molecular complexity index is 666. The Morgan fingerprint density at radius 2 is 2.00 bits per heavy atom. The fourth-order valence-electron chi connectivity index (χ4n) is 1.92. The van der Waals surface area contributed by atoms with Gasteiger partial charge in [-0.25, -0.2) is 4.79 Å². The minimum atomic E-state index is -0.492. The first kappa shape index (κ1) is 16.5. The van der Waals surface area contributed by atoms with E-state index >= 15 is 0 Å². The maximum absolute atomic E-state index is 11.7. The molecular formula is C17H19BrN2O2. The number of pyridine rings is 1. The molecule has 0 radical (unpaired) electrons. The van der Waals surface area contributed by atoms with Crippen molar-refractivity contribution in [3.63, 3.8) is 0 Å². The van der Waals surface area contributed by atoms with E-state index in [1.54, 1.807) is 6.20 Å². The van der Waals surface area contributed by atoms with E-state index in [1.165, 1.54) is 0 Å². The number of nitrogens with one attached hydrogen (secondary N) is 1. The Labute approximate surface area is 139 Å². The summed E-state index contributed by atoms with van der Waals surface area (Å²) >= 11 is 3.42. The van der Waals surface area contributed by atoms with E-state index in [4.69, 9.17) is 4.74 Å². The van der Waals surface area contributed by atoms with Crippen LogP contribution in [0.4, 0.5) is 4.79 Å². The van der Waals surface area contributed by atoms with E-state index in [-0.39, 0.29) is 0 Å². The van der Waals surface area contributed by atoms with Crippen LogP contribution in [0.1, 0.15) is 26.3 Å². The molecule has 0 aliphatic heterocycles. The Morgan fingerprint density at radius 1 is 1.23 bits per heavy atom. The number of nitrogens with zero attached hydrogens (tertiary/aromatic N) is 1. The van der Waals surface area contributed by atoms with Crippen molar-refractivity contribution in [2.45, 2.75) is 32.9 Å². The molecule has 2 aromatic rings. The predicted octanol–water partition coefficient (Wildman–Crippen LogP) is 4.54. The number of aromatic nitrogens is 1. The second-order valence-corrected chi connectivity index (χ2v) is 6.86. The van der Waals surface area contributed by atoms with Crippen LogP contribution in [0.5, 0.6) is 0 Å². The van der Waals surface area contributed by atoms with Gasteiger partial charge < -0.3 is 10.1 Å². The highest BCUT2D eigenvalue weighted by Gasteiger charge is 2.15. The number of amides is 1.